The second-order valence-electron chi connectivity index (χ2n) is 6.22. The van der Waals surface area contributed by atoms with Gasteiger partial charge in [0.1, 0.15) is 29.5 Å². The Bertz CT molecular complexity index is 561. The van der Waals surface area contributed by atoms with Gasteiger partial charge in [-0.25, -0.2) is 4.99 Å². The zero-order valence-corrected chi connectivity index (χ0v) is 11.2. The van der Waals surface area contributed by atoms with E-state index in [-0.39, 0.29) is 5.96 Å². The second kappa shape index (κ2) is 3.88. The smallest absolute Gasteiger partial charge is 0.311 e. The van der Waals surface area contributed by atoms with Crippen molar-refractivity contribution in [2.24, 2.45) is 16.6 Å². The van der Waals surface area contributed by atoms with Gasteiger partial charge in [-0.1, -0.05) is 0 Å². The van der Waals surface area contributed by atoms with E-state index >= 15 is 0 Å². The van der Waals surface area contributed by atoms with Crippen LogP contribution in [0, 0.1) is 5.92 Å². The molecule has 0 amide bonds. The first-order valence-electron chi connectivity index (χ1n) is 6.77. The molecule has 4 heterocycles. The molecule has 0 unspecified atom stereocenters. The Morgan fingerprint density at radius 1 is 1.18 bits per heavy atom. The third-order valence-corrected chi connectivity index (χ3v) is 5.22. The highest BCUT2D eigenvalue weighted by Gasteiger charge is 2.82. The minimum absolute atomic E-state index is 0.250. The first-order chi connectivity index (χ1) is 10.2. The fourth-order valence-electron chi connectivity index (χ4n) is 4.24. The lowest BCUT2D eigenvalue weighted by Crippen LogP contribution is -2.95. The van der Waals surface area contributed by atoms with Gasteiger partial charge in [-0.05, 0) is 0 Å². The summed E-state index contributed by atoms with van der Waals surface area (Å²) in [7, 11) is 0. The summed E-state index contributed by atoms with van der Waals surface area (Å²) in [5, 5.41) is 64.3. The predicted octanol–water partition coefficient (Wildman–Crippen LogP) is -5.52. The van der Waals surface area contributed by atoms with E-state index < -0.39 is 60.3 Å². The third kappa shape index (κ3) is 1.28. The van der Waals surface area contributed by atoms with Crippen molar-refractivity contribution < 1.29 is 40.1 Å². The standard InChI is InChI=1S/C11H17N3O8/c12-8-13-6(17)2-4-9(19,1-15)5-3(16)10(2,14-8)7(18)11(20,21-4)22-5/h2-7,15-20H,1H2,(H3,12,13,14)/t2-,3+,4-,5+,6+,7+,9+,10-,11+/m1/s1. The van der Waals surface area contributed by atoms with Crippen molar-refractivity contribution in [2.75, 3.05) is 6.61 Å². The Labute approximate surface area is 123 Å². The van der Waals surface area contributed by atoms with Crippen molar-refractivity contribution >= 4 is 5.96 Å². The number of hydrogen-bond donors (Lipinski definition) is 8. The molecule has 4 bridgehead atoms. The van der Waals surface area contributed by atoms with Crippen LogP contribution in [0.5, 0.6) is 0 Å². The largest absolute Gasteiger partial charge is 0.393 e. The van der Waals surface area contributed by atoms with E-state index in [0.717, 1.165) is 0 Å². The Hall–Kier alpha value is -1.05. The topological polar surface area (TPSA) is 190 Å². The summed E-state index contributed by atoms with van der Waals surface area (Å²) >= 11 is 0. The number of nitrogens with two attached hydrogens (primary N) is 1. The molecule has 0 aromatic rings. The van der Waals surface area contributed by atoms with Crippen molar-refractivity contribution in [3.05, 3.63) is 0 Å². The van der Waals surface area contributed by atoms with Gasteiger partial charge in [0.05, 0.1) is 12.5 Å². The summed E-state index contributed by atoms with van der Waals surface area (Å²) in [5.74, 6) is -3.95. The highest BCUT2D eigenvalue weighted by Crippen LogP contribution is 2.58. The third-order valence-electron chi connectivity index (χ3n) is 5.22. The molecule has 11 nitrogen and oxygen atoms in total. The molecule has 9 atom stereocenters. The molecular formula is C11H17N3O8. The normalized spacial score (nSPS) is 62.4. The van der Waals surface area contributed by atoms with Gasteiger partial charge in [-0.15, -0.1) is 0 Å². The molecule has 124 valence electrons. The van der Waals surface area contributed by atoms with Crippen LogP contribution in [0.1, 0.15) is 0 Å². The van der Waals surface area contributed by atoms with Crippen LogP contribution in [-0.2, 0) is 9.47 Å². The van der Waals surface area contributed by atoms with E-state index in [4.69, 9.17) is 15.2 Å². The molecule has 5 rings (SSSR count). The summed E-state index contributed by atoms with van der Waals surface area (Å²) < 4.78 is 10.3. The van der Waals surface area contributed by atoms with Crippen molar-refractivity contribution in [1.29, 1.82) is 0 Å². The lowest BCUT2D eigenvalue weighted by Gasteiger charge is -2.71. The molecule has 4 fully saturated rings. The van der Waals surface area contributed by atoms with E-state index in [0.29, 0.717) is 0 Å². The average Bonchev–Trinajstić information content (AvgIpc) is 2.45. The molecule has 0 aromatic carbocycles. The van der Waals surface area contributed by atoms with Crippen LogP contribution < -0.4 is 11.1 Å². The van der Waals surface area contributed by atoms with Gasteiger partial charge < -0.3 is 51.2 Å². The molecule has 1 spiro atoms. The number of ether oxygens (including phenoxy) is 2. The van der Waals surface area contributed by atoms with Crippen molar-refractivity contribution in [3.63, 3.8) is 0 Å². The van der Waals surface area contributed by atoms with Gasteiger partial charge in [0.25, 0.3) is 0 Å². The Morgan fingerprint density at radius 2 is 1.82 bits per heavy atom. The summed E-state index contributed by atoms with van der Waals surface area (Å²) in [4.78, 5) is 3.70. The molecule has 1 aliphatic carbocycles. The van der Waals surface area contributed by atoms with Crippen LogP contribution in [0.4, 0.5) is 0 Å². The molecule has 9 N–H and O–H groups in total. The highest BCUT2D eigenvalue weighted by molar-refractivity contribution is 5.80. The number of aliphatic hydroxyl groups excluding tert-OH is 4. The Kier molecular flexibility index (Phi) is 2.57. The van der Waals surface area contributed by atoms with Crippen LogP contribution in [0.2, 0.25) is 0 Å². The maximum Gasteiger partial charge on any atom is 0.311 e. The zero-order valence-electron chi connectivity index (χ0n) is 11.2. The number of aliphatic hydroxyl groups is 6. The summed E-state index contributed by atoms with van der Waals surface area (Å²) in [5.41, 5.74) is 1.74. The summed E-state index contributed by atoms with van der Waals surface area (Å²) in [6.07, 6.45) is -7.77. The minimum Gasteiger partial charge on any atom is -0.393 e. The first-order valence-corrected chi connectivity index (χ1v) is 6.77. The molecule has 0 aromatic heterocycles. The lowest BCUT2D eigenvalue weighted by atomic mass is 9.55. The molecule has 11 heteroatoms. The Balaban J connectivity index is 1.95. The maximum absolute atomic E-state index is 10.6. The minimum atomic E-state index is -2.52. The number of nitrogens with zero attached hydrogens (tertiary/aromatic N) is 1. The number of hydrogen-bond acceptors (Lipinski definition) is 11. The van der Waals surface area contributed by atoms with E-state index in [1.807, 2.05) is 0 Å². The van der Waals surface area contributed by atoms with Crippen LogP contribution in [-0.4, -0.2) is 91.0 Å². The highest BCUT2D eigenvalue weighted by atomic mass is 16.9. The van der Waals surface area contributed by atoms with E-state index in [2.05, 4.69) is 10.3 Å². The molecule has 22 heavy (non-hydrogen) atoms. The van der Waals surface area contributed by atoms with Crippen molar-refractivity contribution in [3.8, 4) is 0 Å². The van der Waals surface area contributed by atoms with E-state index in [9.17, 15) is 30.6 Å². The molecule has 5 aliphatic rings. The molecule has 4 aliphatic heterocycles. The van der Waals surface area contributed by atoms with Crippen molar-refractivity contribution in [1.82, 2.24) is 5.32 Å². The van der Waals surface area contributed by atoms with Crippen LogP contribution in [0.15, 0.2) is 4.99 Å². The van der Waals surface area contributed by atoms with Gasteiger partial charge in [0.2, 0.25) is 0 Å². The van der Waals surface area contributed by atoms with Gasteiger partial charge in [-0.3, -0.25) is 0 Å². The number of aliphatic imine (C=N–C) groups is 1. The number of guanidine groups is 1. The Morgan fingerprint density at radius 3 is 2.45 bits per heavy atom. The van der Waals surface area contributed by atoms with Gasteiger partial charge in [0.15, 0.2) is 18.3 Å². The fraction of sp³-hybridized carbons (Fsp3) is 0.909. The molecule has 0 radical (unpaired) electrons. The van der Waals surface area contributed by atoms with Crippen LogP contribution in [0.25, 0.3) is 0 Å². The van der Waals surface area contributed by atoms with Gasteiger partial charge in [-0.2, -0.15) is 0 Å². The van der Waals surface area contributed by atoms with E-state index in [1.165, 1.54) is 0 Å². The summed E-state index contributed by atoms with van der Waals surface area (Å²) in [6, 6.07) is 0. The van der Waals surface area contributed by atoms with Crippen LogP contribution >= 0.6 is 0 Å². The van der Waals surface area contributed by atoms with Gasteiger partial charge in [0, 0.05) is 0 Å². The summed E-state index contributed by atoms with van der Waals surface area (Å²) in [6.45, 7) is -0.857. The maximum atomic E-state index is 10.6. The fourth-order valence-corrected chi connectivity index (χ4v) is 4.24. The predicted molar refractivity (Wildman–Crippen MR) is 65.7 cm³/mol. The SMILES string of the molecule is NC1=N[C@@H](O)[C@H]2[C@H]3O[C@]4(O)O[C@@H]([C@H](O)[C@@]2(N1)[C@@H]4O)[C@]3(O)CO. The number of nitrogens with one attached hydrogen (secondary N) is 1. The van der Waals surface area contributed by atoms with Gasteiger partial charge >= 0.3 is 5.97 Å². The molecule has 3 saturated heterocycles. The monoisotopic (exact) mass is 319 g/mol. The first kappa shape index (κ1) is 14.5. The average molecular weight is 319 g/mol. The number of rotatable bonds is 1. The second-order valence-corrected chi connectivity index (χ2v) is 6.22. The van der Waals surface area contributed by atoms with E-state index in [1.54, 1.807) is 0 Å². The molecule has 1 saturated carbocycles. The zero-order chi connectivity index (χ0) is 16.1. The van der Waals surface area contributed by atoms with Crippen molar-refractivity contribution in [2.45, 2.75) is 47.8 Å². The van der Waals surface area contributed by atoms with Crippen LogP contribution in [0.3, 0.4) is 0 Å². The molecular weight excluding hydrogens is 302 g/mol. The lowest BCUT2D eigenvalue weighted by molar-refractivity contribution is -0.548. The quantitative estimate of drug-likeness (QED) is 0.231.